The molecule has 0 bridgehead atoms. The Morgan fingerprint density at radius 2 is 2.11 bits per heavy atom. The van der Waals surface area contributed by atoms with E-state index in [0.717, 1.165) is 4.47 Å². The van der Waals surface area contributed by atoms with Gasteiger partial charge in [-0.3, -0.25) is 0 Å². The van der Waals surface area contributed by atoms with E-state index in [9.17, 15) is 13.5 Å². The molecule has 1 aliphatic heterocycles. The van der Waals surface area contributed by atoms with Crippen molar-refractivity contribution in [1.82, 2.24) is 4.31 Å². The summed E-state index contributed by atoms with van der Waals surface area (Å²) in [6.07, 6.45) is -0.137. The van der Waals surface area contributed by atoms with Crippen LogP contribution in [-0.4, -0.2) is 36.0 Å². The summed E-state index contributed by atoms with van der Waals surface area (Å²) in [4.78, 5) is 0.249. The minimum atomic E-state index is -3.56. The van der Waals surface area contributed by atoms with Gasteiger partial charge in [-0.15, -0.1) is 0 Å². The quantitative estimate of drug-likeness (QED) is 0.900. The molecule has 0 spiro atoms. The van der Waals surface area contributed by atoms with Gasteiger partial charge in [0, 0.05) is 16.6 Å². The second-order valence-electron chi connectivity index (χ2n) is 5.16. The summed E-state index contributed by atoms with van der Waals surface area (Å²) < 4.78 is 27.2. The number of aliphatic hydroxyl groups excluding tert-OH is 1. The van der Waals surface area contributed by atoms with Gasteiger partial charge in [0.2, 0.25) is 10.0 Å². The number of rotatable bonds is 2. The Morgan fingerprint density at radius 3 is 2.61 bits per heavy atom. The smallest absolute Gasteiger partial charge is 0.243 e. The molecule has 1 saturated heterocycles. The molecule has 0 aliphatic carbocycles. The van der Waals surface area contributed by atoms with E-state index in [1.165, 1.54) is 4.31 Å². The second kappa shape index (κ2) is 4.59. The minimum absolute atomic E-state index is 0.155. The topological polar surface area (TPSA) is 57.6 Å². The highest BCUT2D eigenvalue weighted by atomic mass is 79.9. The fraction of sp³-hybridized carbons (Fsp3) is 0.500. The molecule has 1 aliphatic rings. The molecule has 18 heavy (non-hydrogen) atoms. The van der Waals surface area contributed by atoms with Crippen molar-refractivity contribution < 1.29 is 13.5 Å². The third-order valence-electron chi connectivity index (χ3n) is 3.17. The van der Waals surface area contributed by atoms with Crippen LogP contribution in [0, 0.1) is 0 Å². The van der Waals surface area contributed by atoms with E-state index < -0.39 is 21.7 Å². The van der Waals surface area contributed by atoms with Crippen molar-refractivity contribution in [2.75, 3.05) is 6.54 Å². The molecule has 0 amide bonds. The van der Waals surface area contributed by atoms with Crippen LogP contribution in [0.1, 0.15) is 20.3 Å². The Kier molecular flexibility index (Phi) is 3.57. The van der Waals surface area contributed by atoms with Crippen LogP contribution in [0.3, 0.4) is 0 Å². The summed E-state index contributed by atoms with van der Waals surface area (Å²) in [6, 6.07) is 6.62. The summed E-state index contributed by atoms with van der Waals surface area (Å²) in [6.45, 7) is 3.82. The van der Waals surface area contributed by atoms with E-state index in [1.807, 2.05) is 13.8 Å². The number of hydrogen-bond donors (Lipinski definition) is 1. The molecule has 100 valence electrons. The van der Waals surface area contributed by atoms with Gasteiger partial charge in [0.15, 0.2) is 0 Å². The van der Waals surface area contributed by atoms with Gasteiger partial charge in [-0.25, -0.2) is 8.42 Å². The highest BCUT2D eigenvalue weighted by molar-refractivity contribution is 9.10. The van der Waals surface area contributed by atoms with E-state index in [-0.39, 0.29) is 11.4 Å². The number of hydrogen-bond acceptors (Lipinski definition) is 3. The zero-order valence-electron chi connectivity index (χ0n) is 10.3. The van der Waals surface area contributed by atoms with Crippen molar-refractivity contribution in [3.63, 3.8) is 0 Å². The van der Waals surface area contributed by atoms with E-state index in [1.54, 1.807) is 24.3 Å². The average molecular weight is 334 g/mol. The third-order valence-corrected chi connectivity index (χ3v) is 5.74. The minimum Gasteiger partial charge on any atom is -0.392 e. The van der Waals surface area contributed by atoms with Crippen molar-refractivity contribution in [3.05, 3.63) is 28.7 Å². The zero-order chi connectivity index (χ0) is 13.6. The third kappa shape index (κ3) is 2.47. The Bertz CT molecular complexity index is 556. The normalized spacial score (nSPS) is 24.3. The summed E-state index contributed by atoms with van der Waals surface area (Å²) in [7, 11) is -3.56. The maximum atomic E-state index is 12.5. The molecule has 1 aromatic rings. The summed E-state index contributed by atoms with van der Waals surface area (Å²) in [5.74, 6) is 0. The lowest BCUT2D eigenvalue weighted by atomic mass is 10.0. The van der Waals surface area contributed by atoms with Gasteiger partial charge in [-0.2, -0.15) is 4.31 Å². The van der Waals surface area contributed by atoms with Gasteiger partial charge in [0.1, 0.15) is 0 Å². The summed E-state index contributed by atoms with van der Waals surface area (Å²) in [5, 5.41) is 9.68. The first kappa shape index (κ1) is 14.0. The molecule has 6 heteroatoms. The van der Waals surface area contributed by atoms with Crippen LogP contribution in [0.4, 0.5) is 0 Å². The predicted molar refractivity (Wildman–Crippen MR) is 72.7 cm³/mol. The Labute approximate surface area is 116 Å². The zero-order valence-corrected chi connectivity index (χ0v) is 12.7. The maximum Gasteiger partial charge on any atom is 0.243 e. The molecule has 1 aromatic carbocycles. The summed E-state index contributed by atoms with van der Waals surface area (Å²) in [5.41, 5.74) is -0.555. The molecule has 4 nitrogen and oxygen atoms in total. The van der Waals surface area contributed by atoms with Crippen molar-refractivity contribution >= 4 is 26.0 Å². The fourth-order valence-electron chi connectivity index (χ4n) is 2.36. The largest absolute Gasteiger partial charge is 0.392 e. The van der Waals surface area contributed by atoms with Crippen molar-refractivity contribution in [1.29, 1.82) is 0 Å². The lowest BCUT2D eigenvalue weighted by Gasteiger charge is -2.30. The van der Waals surface area contributed by atoms with Crippen molar-refractivity contribution in [3.8, 4) is 0 Å². The average Bonchev–Trinajstić information content (AvgIpc) is 2.52. The maximum absolute atomic E-state index is 12.5. The van der Waals surface area contributed by atoms with Gasteiger partial charge in [-0.1, -0.05) is 22.0 Å². The van der Waals surface area contributed by atoms with Crippen LogP contribution in [0.2, 0.25) is 0 Å². The highest BCUT2D eigenvalue weighted by Gasteiger charge is 2.44. The standard InChI is InChI=1S/C12H16BrNO3S/c1-12(2)7-10(15)8-14(12)18(16,17)11-5-3-4-9(13)6-11/h3-6,10,15H,7-8H2,1-2H3. The predicted octanol–water partition coefficient (Wildman–Crippen LogP) is 1.98. The molecule has 0 radical (unpaired) electrons. The first-order valence-corrected chi connectivity index (χ1v) is 7.93. The Morgan fingerprint density at radius 1 is 1.44 bits per heavy atom. The van der Waals surface area contributed by atoms with Gasteiger partial charge in [0.05, 0.1) is 11.0 Å². The molecule has 2 rings (SSSR count). The number of nitrogens with zero attached hydrogens (tertiary/aromatic N) is 1. The monoisotopic (exact) mass is 333 g/mol. The van der Waals surface area contributed by atoms with Crippen LogP contribution in [0.15, 0.2) is 33.6 Å². The SMILES string of the molecule is CC1(C)CC(O)CN1S(=O)(=O)c1cccc(Br)c1. The van der Waals surface area contributed by atoms with Crippen LogP contribution < -0.4 is 0 Å². The molecular weight excluding hydrogens is 318 g/mol. The molecule has 0 saturated carbocycles. The lowest BCUT2D eigenvalue weighted by Crippen LogP contribution is -2.42. The molecule has 1 N–H and O–H groups in total. The summed E-state index contributed by atoms with van der Waals surface area (Å²) >= 11 is 3.27. The van der Waals surface area contributed by atoms with Gasteiger partial charge in [-0.05, 0) is 38.5 Å². The first-order chi connectivity index (χ1) is 8.23. The molecule has 1 atom stereocenters. The van der Waals surface area contributed by atoms with E-state index in [0.29, 0.717) is 6.42 Å². The molecule has 0 aromatic heterocycles. The fourth-order valence-corrected chi connectivity index (χ4v) is 4.78. The molecular formula is C12H16BrNO3S. The van der Waals surface area contributed by atoms with E-state index >= 15 is 0 Å². The molecule has 1 fully saturated rings. The van der Waals surface area contributed by atoms with E-state index in [2.05, 4.69) is 15.9 Å². The highest BCUT2D eigenvalue weighted by Crippen LogP contribution is 2.34. The van der Waals surface area contributed by atoms with Gasteiger partial charge >= 0.3 is 0 Å². The number of β-amino-alcohol motifs (C(OH)–C–C–N with tert-alkyl or cyclic N) is 1. The number of sulfonamides is 1. The second-order valence-corrected chi connectivity index (χ2v) is 7.94. The van der Waals surface area contributed by atoms with E-state index in [4.69, 9.17) is 0 Å². The molecule has 1 unspecified atom stereocenters. The number of aliphatic hydroxyl groups is 1. The first-order valence-electron chi connectivity index (χ1n) is 5.70. The number of halogens is 1. The van der Waals surface area contributed by atoms with Crippen molar-refractivity contribution in [2.24, 2.45) is 0 Å². The van der Waals surface area contributed by atoms with Crippen molar-refractivity contribution in [2.45, 2.75) is 36.8 Å². The van der Waals surface area contributed by atoms with Gasteiger partial charge < -0.3 is 5.11 Å². The van der Waals surface area contributed by atoms with Crippen LogP contribution in [-0.2, 0) is 10.0 Å². The Balaban J connectivity index is 2.44. The molecule has 1 heterocycles. The lowest BCUT2D eigenvalue weighted by molar-refractivity contribution is 0.187. The van der Waals surface area contributed by atoms with Crippen LogP contribution in [0.25, 0.3) is 0 Å². The van der Waals surface area contributed by atoms with Gasteiger partial charge in [0.25, 0.3) is 0 Å². The number of benzene rings is 1. The van der Waals surface area contributed by atoms with Crippen LogP contribution in [0.5, 0.6) is 0 Å². The van der Waals surface area contributed by atoms with Crippen LogP contribution >= 0.6 is 15.9 Å². The Hall–Kier alpha value is -0.430.